The minimum absolute atomic E-state index is 0.0187. The Morgan fingerprint density at radius 3 is 2.59 bits per heavy atom. The number of anilines is 1. The van der Waals surface area contributed by atoms with Crippen LogP contribution in [0.15, 0.2) is 70.8 Å². The molecule has 1 aliphatic rings. The highest BCUT2D eigenvalue weighted by molar-refractivity contribution is 6.17. The summed E-state index contributed by atoms with van der Waals surface area (Å²) in [6, 6.07) is 11.3. The number of hydrogen-bond acceptors (Lipinski definition) is 8. The molecule has 9 nitrogen and oxygen atoms in total. The quantitative estimate of drug-likeness (QED) is 0.475. The second kappa shape index (κ2) is 9.88. The molecule has 1 aliphatic heterocycles. The number of methoxy groups -OCH3 is 1. The highest BCUT2D eigenvalue weighted by Crippen LogP contribution is 2.44. The first kappa shape index (κ1) is 23.2. The normalized spacial score (nSPS) is 15.9. The van der Waals surface area contributed by atoms with Crippen molar-refractivity contribution in [3.05, 3.63) is 71.8 Å². The van der Waals surface area contributed by atoms with E-state index < -0.39 is 23.6 Å². The van der Waals surface area contributed by atoms with E-state index in [4.69, 9.17) is 14.0 Å². The van der Waals surface area contributed by atoms with Crippen LogP contribution in [0.2, 0.25) is 0 Å². The van der Waals surface area contributed by atoms with Crippen LogP contribution in [0.4, 0.5) is 5.69 Å². The Balaban J connectivity index is 1.80. The number of rotatable bonds is 9. The van der Waals surface area contributed by atoms with Gasteiger partial charge in [-0.1, -0.05) is 31.1 Å². The van der Waals surface area contributed by atoms with Crippen LogP contribution in [0.3, 0.4) is 0 Å². The first-order valence-electron chi connectivity index (χ1n) is 10.8. The van der Waals surface area contributed by atoms with Crippen molar-refractivity contribution in [2.75, 3.05) is 25.2 Å². The van der Waals surface area contributed by atoms with Crippen molar-refractivity contribution in [2.24, 2.45) is 5.92 Å². The van der Waals surface area contributed by atoms with Crippen molar-refractivity contribution >= 4 is 17.4 Å². The van der Waals surface area contributed by atoms with Gasteiger partial charge in [-0.05, 0) is 24.3 Å². The second-order valence-electron chi connectivity index (χ2n) is 8.03. The van der Waals surface area contributed by atoms with Crippen molar-refractivity contribution in [2.45, 2.75) is 19.9 Å². The van der Waals surface area contributed by atoms with Gasteiger partial charge in [-0.2, -0.15) is 0 Å². The molecule has 9 heteroatoms. The molecular formula is C25H25N3O6. The monoisotopic (exact) mass is 463 g/mol. The fourth-order valence-electron chi connectivity index (χ4n) is 3.84. The minimum atomic E-state index is -0.911. The van der Waals surface area contributed by atoms with Crippen molar-refractivity contribution < 1.29 is 28.7 Å². The van der Waals surface area contributed by atoms with E-state index in [0.29, 0.717) is 23.6 Å². The SMILES string of the molecule is COCCOc1ncccc1C1C(C(=O)C(C)C)=C(O)C(=O)N1c1ccc(-c2ccon2)cc1. The Morgan fingerprint density at radius 1 is 1.18 bits per heavy atom. The van der Waals surface area contributed by atoms with E-state index in [2.05, 4.69) is 10.1 Å². The topological polar surface area (TPSA) is 115 Å². The predicted octanol–water partition coefficient (Wildman–Crippen LogP) is 3.89. The van der Waals surface area contributed by atoms with Crippen molar-refractivity contribution in [3.63, 3.8) is 0 Å². The number of nitrogens with zero attached hydrogens (tertiary/aromatic N) is 3. The molecule has 0 saturated heterocycles. The lowest BCUT2D eigenvalue weighted by molar-refractivity contribution is -0.119. The van der Waals surface area contributed by atoms with E-state index in [1.165, 1.54) is 11.2 Å². The highest BCUT2D eigenvalue weighted by Gasteiger charge is 2.46. The van der Waals surface area contributed by atoms with Gasteiger partial charge in [0.05, 0.1) is 12.2 Å². The zero-order chi connectivity index (χ0) is 24.2. The maximum absolute atomic E-state index is 13.3. The molecule has 1 N–H and O–H groups in total. The predicted molar refractivity (Wildman–Crippen MR) is 123 cm³/mol. The first-order chi connectivity index (χ1) is 16.4. The number of Topliss-reactive ketones (excluding diaryl/α,β-unsaturated/α-hetero) is 1. The van der Waals surface area contributed by atoms with Gasteiger partial charge >= 0.3 is 0 Å². The van der Waals surface area contributed by atoms with Gasteiger partial charge in [-0.15, -0.1) is 0 Å². The van der Waals surface area contributed by atoms with Crippen LogP contribution in [0.25, 0.3) is 11.3 Å². The minimum Gasteiger partial charge on any atom is -0.503 e. The van der Waals surface area contributed by atoms with E-state index in [-0.39, 0.29) is 23.8 Å². The summed E-state index contributed by atoms with van der Waals surface area (Å²) in [5, 5.41) is 14.7. The summed E-state index contributed by atoms with van der Waals surface area (Å²) in [5.74, 6) is -1.75. The van der Waals surface area contributed by atoms with Gasteiger partial charge in [-0.3, -0.25) is 14.5 Å². The number of amides is 1. The summed E-state index contributed by atoms with van der Waals surface area (Å²) in [4.78, 5) is 32.1. The van der Waals surface area contributed by atoms with E-state index in [1.54, 1.807) is 69.6 Å². The Labute approximate surface area is 196 Å². The molecule has 4 rings (SSSR count). The number of carbonyl (C=O) groups excluding carboxylic acids is 2. The Kier molecular flexibility index (Phi) is 6.74. The lowest BCUT2D eigenvalue weighted by Gasteiger charge is -2.28. The van der Waals surface area contributed by atoms with Gasteiger partial charge in [0.2, 0.25) is 5.88 Å². The van der Waals surface area contributed by atoms with Gasteiger partial charge in [-0.25, -0.2) is 4.98 Å². The van der Waals surface area contributed by atoms with Crippen LogP contribution in [-0.4, -0.2) is 47.3 Å². The molecule has 1 atom stereocenters. The van der Waals surface area contributed by atoms with Crippen LogP contribution >= 0.6 is 0 Å². The van der Waals surface area contributed by atoms with Crippen molar-refractivity contribution in [3.8, 4) is 17.1 Å². The fourth-order valence-corrected chi connectivity index (χ4v) is 3.84. The summed E-state index contributed by atoms with van der Waals surface area (Å²) in [5.41, 5.74) is 2.44. The van der Waals surface area contributed by atoms with Crippen molar-refractivity contribution in [1.82, 2.24) is 10.1 Å². The maximum Gasteiger partial charge on any atom is 0.294 e. The molecule has 0 bridgehead atoms. The molecule has 3 aromatic rings. The number of ether oxygens (including phenoxy) is 2. The summed E-state index contributed by atoms with van der Waals surface area (Å²) in [6.45, 7) is 4.01. The first-order valence-corrected chi connectivity index (χ1v) is 10.8. The molecule has 3 heterocycles. The highest BCUT2D eigenvalue weighted by atomic mass is 16.5. The van der Waals surface area contributed by atoms with E-state index in [9.17, 15) is 14.7 Å². The number of aliphatic hydroxyl groups excluding tert-OH is 1. The van der Waals surface area contributed by atoms with Crippen LogP contribution in [0.1, 0.15) is 25.5 Å². The lowest BCUT2D eigenvalue weighted by Crippen LogP contribution is -2.32. The molecule has 1 amide bonds. The van der Waals surface area contributed by atoms with Crippen LogP contribution < -0.4 is 9.64 Å². The molecule has 0 saturated carbocycles. The third-order valence-electron chi connectivity index (χ3n) is 5.50. The smallest absolute Gasteiger partial charge is 0.294 e. The fraction of sp³-hybridized carbons (Fsp3) is 0.280. The van der Waals surface area contributed by atoms with Crippen LogP contribution in [0.5, 0.6) is 5.88 Å². The zero-order valence-corrected chi connectivity index (χ0v) is 19.1. The molecule has 0 radical (unpaired) electrons. The summed E-state index contributed by atoms with van der Waals surface area (Å²) in [7, 11) is 1.56. The average molecular weight is 463 g/mol. The number of aromatic nitrogens is 2. The molecule has 0 fully saturated rings. The summed E-state index contributed by atoms with van der Waals surface area (Å²) < 4.78 is 15.7. The largest absolute Gasteiger partial charge is 0.503 e. The third kappa shape index (κ3) is 4.29. The molecule has 0 spiro atoms. The van der Waals surface area contributed by atoms with Gasteiger partial charge in [0.15, 0.2) is 11.5 Å². The molecule has 34 heavy (non-hydrogen) atoms. The maximum atomic E-state index is 13.3. The van der Waals surface area contributed by atoms with Gasteiger partial charge in [0.25, 0.3) is 5.91 Å². The van der Waals surface area contributed by atoms with Gasteiger partial charge in [0, 0.05) is 42.1 Å². The van der Waals surface area contributed by atoms with E-state index in [0.717, 1.165) is 5.56 Å². The Bertz CT molecular complexity index is 1200. The van der Waals surface area contributed by atoms with Crippen molar-refractivity contribution in [1.29, 1.82) is 0 Å². The molecule has 1 aromatic carbocycles. The molecule has 0 aliphatic carbocycles. The number of ketones is 1. The van der Waals surface area contributed by atoms with E-state index >= 15 is 0 Å². The Hall–Kier alpha value is -3.98. The molecule has 2 aromatic heterocycles. The Morgan fingerprint density at radius 2 is 1.94 bits per heavy atom. The molecule has 1 unspecified atom stereocenters. The van der Waals surface area contributed by atoms with Gasteiger partial charge in [0.1, 0.15) is 24.6 Å². The second-order valence-corrected chi connectivity index (χ2v) is 8.03. The van der Waals surface area contributed by atoms with Gasteiger partial charge < -0.3 is 19.1 Å². The average Bonchev–Trinajstić information content (AvgIpc) is 3.47. The number of hydrogen-bond donors (Lipinski definition) is 1. The number of benzene rings is 1. The lowest BCUT2D eigenvalue weighted by atomic mass is 9.91. The van der Waals surface area contributed by atoms with E-state index in [1.807, 2.05) is 0 Å². The van der Waals surface area contributed by atoms with Crippen LogP contribution in [0, 0.1) is 5.92 Å². The number of carbonyl (C=O) groups is 2. The van der Waals surface area contributed by atoms with Crippen LogP contribution in [-0.2, 0) is 14.3 Å². The summed E-state index contributed by atoms with van der Waals surface area (Å²) in [6.07, 6.45) is 3.04. The third-order valence-corrected chi connectivity index (χ3v) is 5.50. The zero-order valence-electron chi connectivity index (χ0n) is 19.1. The number of pyridine rings is 1. The molecule has 176 valence electrons. The number of aliphatic hydroxyl groups is 1. The summed E-state index contributed by atoms with van der Waals surface area (Å²) >= 11 is 0. The molecular weight excluding hydrogens is 438 g/mol. The standard InChI is InChI=1S/C25H25N3O6/c1-15(2)22(29)20-21(18-5-4-11-26-24(18)33-14-13-32-3)28(25(31)23(20)30)17-8-6-16(7-9-17)19-10-12-34-27-19/h4-12,15,21,30H,13-14H2,1-3H3.